The fraction of sp³-hybridized carbons (Fsp3) is 1.00. The lowest BCUT2D eigenvalue weighted by atomic mass is 10.4. The summed E-state index contributed by atoms with van der Waals surface area (Å²) < 4.78 is 21.5. The fourth-order valence-electron chi connectivity index (χ4n) is 0.800. The molecule has 2 N–H and O–H groups in total. The normalized spacial score (nSPS) is 14.2. The molecule has 1 atom stereocenters. The van der Waals surface area contributed by atoms with E-state index in [1.165, 1.54) is 18.0 Å². The summed E-state index contributed by atoms with van der Waals surface area (Å²) in [5, 5.41) is 12.4. The Labute approximate surface area is 90.4 Å². The number of aliphatic hydroxyl groups is 1. The van der Waals surface area contributed by atoms with Crippen LogP contribution in [0.4, 0.5) is 0 Å². The smallest absolute Gasteiger partial charge is 0.148 e. The van der Waals surface area contributed by atoms with Gasteiger partial charge in [-0.15, -0.1) is 0 Å². The minimum Gasteiger partial charge on any atom is -0.391 e. The third-order valence-corrected chi connectivity index (χ3v) is 3.86. The summed E-state index contributed by atoms with van der Waals surface area (Å²) in [6, 6.07) is 0. The van der Waals surface area contributed by atoms with E-state index in [1.54, 1.807) is 0 Å². The van der Waals surface area contributed by atoms with Crippen molar-refractivity contribution in [1.82, 2.24) is 5.32 Å². The lowest BCUT2D eigenvalue weighted by Crippen LogP contribution is -2.28. The molecule has 0 spiro atoms. The van der Waals surface area contributed by atoms with Gasteiger partial charge in [0.25, 0.3) is 0 Å². The van der Waals surface area contributed by atoms with Gasteiger partial charge in [0.2, 0.25) is 0 Å². The molecule has 0 amide bonds. The second-order valence-corrected chi connectivity index (χ2v) is 6.58. The number of hydrogen-bond acceptors (Lipinski definition) is 5. The van der Waals surface area contributed by atoms with Crippen LogP contribution in [0, 0.1) is 0 Å². The third-order valence-electron chi connectivity index (χ3n) is 1.54. The highest BCUT2D eigenvalue weighted by Gasteiger charge is 2.05. The van der Waals surface area contributed by atoms with Crippen molar-refractivity contribution in [2.45, 2.75) is 13.0 Å². The molecule has 0 aliphatic heterocycles. The summed E-state index contributed by atoms with van der Waals surface area (Å²) in [7, 11) is -2.86. The molecule has 14 heavy (non-hydrogen) atoms. The van der Waals surface area contributed by atoms with Gasteiger partial charge in [-0.25, -0.2) is 8.42 Å². The minimum atomic E-state index is -2.86. The van der Waals surface area contributed by atoms with Gasteiger partial charge in [0.15, 0.2) is 0 Å². The Hall–Kier alpha value is 0.220. The van der Waals surface area contributed by atoms with Crippen molar-refractivity contribution < 1.29 is 13.5 Å². The van der Waals surface area contributed by atoms with E-state index >= 15 is 0 Å². The van der Waals surface area contributed by atoms with Gasteiger partial charge in [0.05, 0.1) is 11.9 Å². The Morgan fingerprint density at radius 2 is 2.14 bits per heavy atom. The minimum absolute atomic E-state index is 0.186. The SMILES string of the molecule is CCNCC(O)CSCCS(C)(=O)=O. The number of likely N-dealkylation sites (N-methyl/N-ethyl adjacent to an activating group) is 1. The van der Waals surface area contributed by atoms with Crippen LogP contribution in [-0.4, -0.2) is 56.2 Å². The Bertz CT molecular complexity index is 229. The van der Waals surface area contributed by atoms with Gasteiger partial charge in [-0.3, -0.25) is 0 Å². The van der Waals surface area contributed by atoms with Gasteiger partial charge in [-0.05, 0) is 6.54 Å². The highest BCUT2D eigenvalue weighted by Crippen LogP contribution is 2.03. The number of aliphatic hydroxyl groups excluding tert-OH is 1. The van der Waals surface area contributed by atoms with Crippen molar-refractivity contribution in [1.29, 1.82) is 0 Å². The third kappa shape index (κ3) is 10.3. The van der Waals surface area contributed by atoms with Gasteiger partial charge in [-0.2, -0.15) is 11.8 Å². The summed E-state index contributed by atoms with van der Waals surface area (Å²) in [5.74, 6) is 1.33. The van der Waals surface area contributed by atoms with Crippen LogP contribution in [0.15, 0.2) is 0 Å². The summed E-state index contributed by atoms with van der Waals surface area (Å²) in [6.07, 6.45) is 0.835. The first-order chi connectivity index (χ1) is 6.45. The van der Waals surface area contributed by atoms with Gasteiger partial charge < -0.3 is 10.4 Å². The lowest BCUT2D eigenvalue weighted by molar-refractivity contribution is 0.197. The van der Waals surface area contributed by atoms with E-state index in [1.807, 2.05) is 6.92 Å². The second kappa shape index (κ2) is 7.50. The van der Waals surface area contributed by atoms with Crippen LogP contribution in [0.2, 0.25) is 0 Å². The molecule has 0 aromatic rings. The first kappa shape index (κ1) is 14.2. The second-order valence-electron chi connectivity index (χ2n) is 3.17. The van der Waals surface area contributed by atoms with Crippen molar-refractivity contribution in [3.63, 3.8) is 0 Å². The highest BCUT2D eigenvalue weighted by atomic mass is 32.2. The number of nitrogens with one attached hydrogen (secondary N) is 1. The van der Waals surface area contributed by atoms with Crippen LogP contribution in [0.25, 0.3) is 0 Å². The summed E-state index contributed by atoms with van der Waals surface area (Å²) in [4.78, 5) is 0. The molecule has 86 valence electrons. The van der Waals surface area contributed by atoms with E-state index in [4.69, 9.17) is 0 Å². The van der Waals surface area contributed by atoms with E-state index in [2.05, 4.69) is 5.32 Å². The van der Waals surface area contributed by atoms with Gasteiger partial charge in [-0.1, -0.05) is 6.92 Å². The van der Waals surface area contributed by atoms with E-state index in [-0.39, 0.29) is 11.9 Å². The average molecular weight is 241 g/mol. The zero-order chi connectivity index (χ0) is 11.0. The lowest BCUT2D eigenvalue weighted by Gasteiger charge is -2.09. The molecule has 0 aliphatic rings. The molecule has 0 bridgehead atoms. The molecule has 0 radical (unpaired) electrons. The molecule has 0 aliphatic carbocycles. The van der Waals surface area contributed by atoms with Crippen molar-refractivity contribution in [2.75, 3.05) is 36.6 Å². The summed E-state index contributed by atoms with van der Waals surface area (Å²) in [5.41, 5.74) is 0. The Morgan fingerprint density at radius 3 is 2.64 bits per heavy atom. The van der Waals surface area contributed by atoms with Crippen LogP contribution >= 0.6 is 11.8 Å². The molecule has 0 aromatic carbocycles. The molecular formula is C8H19NO3S2. The standard InChI is InChI=1S/C8H19NO3S2/c1-3-9-6-8(10)7-13-4-5-14(2,11)12/h8-10H,3-7H2,1-2H3. The summed E-state index contributed by atoms with van der Waals surface area (Å²) >= 11 is 1.47. The van der Waals surface area contributed by atoms with E-state index in [0.29, 0.717) is 18.1 Å². The van der Waals surface area contributed by atoms with E-state index < -0.39 is 9.84 Å². The Morgan fingerprint density at radius 1 is 1.50 bits per heavy atom. The number of hydrogen-bond donors (Lipinski definition) is 2. The van der Waals surface area contributed by atoms with Gasteiger partial charge >= 0.3 is 0 Å². The van der Waals surface area contributed by atoms with Crippen molar-refractivity contribution in [3.05, 3.63) is 0 Å². The number of thioether (sulfide) groups is 1. The first-order valence-corrected chi connectivity index (χ1v) is 7.81. The predicted octanol–water partition coefficient (Wildman–Crippen LogP) is -0.265. The fourth-order valence-corrected chi connectivity index (χ4v) is 3.04. The maximum atomic E-state index is 10.8. The maximum Gasteiger partial charge on any atom is 0.148 e. The van der Waals surface area contributed by atoms with Gasteiger partial charge in [0, 0.05) is 24.3 Å². The maximum absolute atomic E-state index is 10.8. The zero-order valence-corrected chi connectivity index (χ0v) is 10.3. The van der Waals surface area contributed by atoms with Crippen molar-refractivity contribution in [2.24, 2.45) is 0 Å². The van der Waals surface area contributed by atoms with E-state index in [9.17, 15) is 13.5 Å². The zero-order valence-electron chi connectivity index (χ0n) is 8.69. The molecule has 4 nitrogen and oxygen atoms in total. The van der Waals surface area contributed by atoms with Crippen molar-refractivity contribution >= 4 is 21.6 Å². The molecule has 0 saturated carbocycles. The van der Waals surface area contributed by atoms with Gasteiger partial charge in [0.1, 0.15) is 9.84 Å². The molecule has 0 rings (SSSR count). The molecule has 0 fully saturated rings. The Kier molecular flexibility index (Phi) is 7.62. The van der Waals surface area contributed by atoms with Crippen LogP contribution in [0.5, 0.6) is 0 Å². The molecule has 0 saturated heterocycles. The predicted molar refractivity (Wildman–Crippen MR) is 61.6 cm³/mol. The number of sulfone groups is 1. The first-order valence-electron chi connectivity index (χ1n) is 4.60. The molecule has 6 heteroatoms. The summed E-state index contributed by atoms with van der Waals surface area (Å²) in [6.45, 7) is 3.39. The molecule has 0 heterocycles. The molecular weight excluding hydrogens is 222 g/mol. The van der Waals surface area contributed by atoms with Crippen LogP contribution in [0.3, 0.4) is 0 Å². The van der Waals surface area contributed by atoms with Crippen LogP contribution < -0.4 is 5.32 Å². The Balaban J connectivity index is 3.36. The topological polar surface area (TPSA) is 66.4 Å². The van der Waals surface area contributed by atoms with Crippen LogP contribution in [0.1, 0.15) is 6.92 Å². The van der Waals surface area contributed by atoms with E-state index in [0.717, 1.165) is 6.54 Å². The van der Waals surface area contributed by atoms with Crippen LogP contribution in [-0.2, 0) is 9.84 Å². The largest absolute Gasteiger partial charge is 0.391 e. The average Bonchev–Trinajstić information content (AvgIpc) is 2.07. The highest BCUT2D eigenvalue weighted by molar-refractivity contribution is 8.00. The molecule has 0 aromatic heterocycles. The molecule has 1 unspecified atom stereocenters. The van der Waals surface area contributed by atoms with Crippen molar-refractivity contribution in [3.8, 4) is 0 Å². The monoisotopic (exact) mass is 241 g/mol. The number of rotatable bonds is 8. The quantitative estimate of drug-likeness (QED) is 0.573.